The van der Waals surface area contributed by atoms with Crippen LogP contribution >= 0.6 is 24.0 Å². The lowest BCUT2D eigenvalue weighted by Crippen LogP contribution is -2.41. The first-order valence-corrected chi connectivity index (χ1v) is 8.04. The first-order chi connectivity index (χ1) is 9.74. The van der Waals surface area contributed by atoms with Crippen molar-refractivity contribution in [2.24, 2.45) is 16.8 Å². The molecule has 1 saturated carbocycles. The van der Waals surface area contributed by atoms with Crippen LogP contribution in [0.25, 0.3) is 0 Å². The number of guanidine groups is 1. The summed E-state index contributed by atoms with van der Waals surface area (Å²) < 4.78 is 0. The van der Waals surface area contributed by atoms with Crippen molar-refractivity contribution < 1.29 is 4.79 Å². The van der Waals surface area contributed by atoms with Crippen molar-refractivity contribution in [3.8, 4) is 0 Å². The molecule has 1 aliphatic carbocycles. The summed E-state index contributed by atoms with van der Waals surface area (Å²) in [6.07, 6.45) is 5.47. The predicted molar refractivity (Wildman–Crippen MR) is 97.1 cm³/mol. The third-order valence-corrected chi connectivity index (χ3v) is 4.36. The molecule has 2 N–H and O–H groups in total. The molecular weight excluding hydrogens is 379 g/mol. The van der Waals surface area contributed by atoms with Gasteiger partial charge in [0.1, 0.15) is 6.54 Å². The fraction of sp³-hybridized carbons (Fsp3) is 0.867. The standard InChI is InChI=1S/C15H28N4O.HI/c1-3-16-14(20)9-18-15(17-4-2)19-10-12-7-5-6-8-13(12)11-19;/h12-13H,3-11H2,1-2H3,(H,16,20)(H,17,18);1H. The second kappa shape index (κ2) is 9.48. The molecule has 2 atom stereocenters. The van der Waals surface area contributed by atoms with E-state index >= 15 is 0 Å². The fourth-order valence-electron chi connectivity index (χ4n) is 3.40. The third kappa shape index (κ3) is 5.30. The molecule has 21 heavy (non-hydrogen) atoms. The quantitative estimate of drug-likeness (QED) is 0.424. The Hall–Kier alpha value is -0.530. The van der Waals surface area contributed by atoms with Gasteiger partial charge >= 0.3 is 0 Å². The van der Waals surface area contributed by atoms with E-state index in [-0.39, 0.29) is 36.4 Å². The molecule has 2 rings (SSSR count). The van der Waals surface area contributed by atoms with E-state index in [4.69, 9.17) is 0 Å². The fourth-order valence-corrected chi connectivity index (χ4v) is 3.40. The topological polar surface area (TPSA) is 56.7 Å². The highest BCUT2D eigenvalue weighted by Crippen LogP contribution is 2.35. The van der Waals surface area contributed by atoms with Crippen LogP contribution in [0.2, 0.25) is 0 Å². The number of nitrogens with one attached hydrogen (secondary N) is 2. The van der Waals surface area contributed by atoms with E-state index < -0.39 is 0 Å². The van der Waals surface area contributed by atoms with Crippen molar-refractivity contribution >= 4 is 35.8 Å². The number of carbonyl (C=O) groups excluding carboxylic acids is 1. The summed E-state index contributed by atoms with van der Waals surface area (Å²) in [6.45, 7) is 7.95. The zero-order valence-corrected chi connectivity index (χ0v) is 15.6. The highest BCUT2D eigenvalue weighted by Gasteiger charge is 2.35. The van der Waals surface area contributed by atoms with Gasteiger partial charge in [0.05, 0.1) is 0 Å². The molecule has 0 spiro atoms. The molecule has 1 amide bonds. The average Bonchev–Trinajstić information content (AvgIpc) is 2.87. The number of likely N-dealkylation sites (N-methyl/N-ethyl adjacent to an activating group) is 1. The summed E-state index contributed by atoms with van der Waals surface area (Å²) in [5.41, 5.74) is 0. The van der Waals surface area contributed by atoms with Gasteiger partial charge in [0.25, 0.3) is 0 Å². The summed E-state index contributed by atoms with van der Waals surface area (Å²) in [7, 11) is 0. The third-order valence-electron chi connectivity index (χ3n) is 4.36. The van der Waals surface area contributed by atoms with Crippen molar-refractivity contribution in [2.45, 2.75) is 39.5 Å². The lowest BCUT2D eigenvalue weighted by Gasteiger charge is -2.22. The van der Waals surface area contributed by atoms with Crippen LogP contribution < -0.4 is 10.6 Å². The molecule has 0 aromatic heterocycles. The first-order valence-electron chi connectivity index (χ1n) is 8.04. The minimum Gasteiger partial charge on any atom is -0.357 e. The van der Waals surface area contributed by atoms with Gasteiger partial charge in [-0.05, 0) is 38.5 Å². The molecule has 1 heterocycles. The monoisotopic (exact) mass is 408 g/mol. The zero-order chi connectivity index (χ0) is 14.4. The van der Waals surface area contributed by atoms with Gasteiger partial charge in [-0.3, -0.25) is 4.79 Å². The van der Waals surface area contributed by atoms with Gasteiger partial charge in [-0.15, -0.1) is 24.0 Å². The van der Waals surface area contributed by atoms with Gasteiger partial charge in [-0.2, -0.15) is 0 Å². The van der Waals surface area contributed by atoms with Crippen molar-refractivity contribution in [1.82, 2.24) is 15.5 Å². The molecule has 1 saturated heterocycles. The highest BCUT2D eigenvalue weighted by atomic mass is 127. The Bertz CT molecular complexity index is 348. The van der Waals surface area contributed by atoms with Crippen molar-refractivity contribution in [2.75, 3.05) is 32.7 Å². The molecule has 2 unspecified atom stereocenters. The molecule has 1 aliphatic heterocycles. The smallest absolute Gasteiger partial charge is 0.241 e. The maximum atomic E-state index is 11.6. The number of nitrogens with zero attached hydrogens (tertiary/aromatic N) is 2. The Kier molecular flexibility index (Phi) is 8.36. The summed E-state index contributed by atoms with van der Waals surface area (Å²) in [6, 6.07) is 0. The van der Waals surface area contributed by atoms with E-state index in [9.17, 15) is 4.79 Å². The normalized spacial score (nSPS) is 25.0. The summed E-state index contributed by atoms with van der Waals surface area (Å²) in [4.78, 5) is 18.4. The van der Waals surface area contributed by atoms with Crippen molar-refractivity contribution in [3.05, 3.63) is 0 Å². The Balaban J connectivity index is 0.00000220. The molecule has 5 nitrogen and oxygen atoms in total. The number of hydrogen-bond acceptors (Lipinski definition) is 2. The summed E-state index contributed by atoms with van der Waals surface area (Å²) in [5.74, 6) is 2.57. The second-order valence-corrected chi connectivity index (χ2v) is 5.83. The van der Waals surface area contributed by atoms with Crippen LogP contribution in [0.3, 0.4) is 0 Å². The largest absolute Gasteiger partial charge is 0.357 e. The lowest BCUT2D eigenvalue weighted by molar-refractivity contribution is -0.119. The Morgan fingerprint density at radius 1 is 1.10 bits per heavy atom. The Morgan fingerprint density at radius 3 is 2.19 bits per heavy atom. The van der Waals surface area contributed by atoms with Crippen LogP contribution in [0.4, 0.5) is 0 Å². The molecule has 122 valence electrons. The first kappa shape index (κ1) is 18.5. The molecule has 0 bridgehead atoms. The van der Waals surface area contributed by atoms with Gasteiger partial charge in [-0.25, -0.2) is 4.99 Å². The molecule has 2 aliphatic rings. The van der Waals surface area contributed by atoms with E-state index in [1.807, 2.05) is 6.92 Å². The lowest BCUT2D eigenvalue weighted by atomic mass is 9.82. The number of carbonyl (C=O) groups is 1. The van der Waals surface area contributed by atoms with Crippen LogP contribution in [0.5, 0.6) is 0 Å². The second-order valence-electron chi connectivity index (χ2n) is 5.83. The van der Waals surface area contributed by atoms with E-state index in [0.29, 0.717) is 6.54 Å². The minimum absolute atomic E-state index is 0. The SMILES string of the molecule is CCNC(=O)CN=C(NCC)N1CC2CCCCC2C1.I. The van der Waals surface area contributed by atoms with E-state index in [0.717, 1.165) is 37.4 Å². The molecular formula is C15H29IN4O. The number of amides is 1. The number of fused-ring (bicyclic) bond motifs is 1. The highest BCUT2D eigenvalue weighted by molar-refractivity contribution is 14.0. The van der Waals surface area contributed by atoms with E-state index in [1.54, 1.807) is 0 Å². The van der Waals surface area contributed by atoms with E-state index in [2.05, 4.69) is 27.4 Å². The average molecular weight is 408 g/mol. The molecule has 0 aromatic carbocycles. The maximum Gasteiger partial charge on any atom is 0.241 e. The van der Waals surface area contributed by atoms with Gasteiger partial charge in [-0.1, -0.05) is 12.8 Å². The number of rotatable bonds is 4. The molecule has 0 radical (unpaired) electrons. The molecule has 2 fully saturated rings. The van der Waals surface area contributed by atoms with Crippen LogP contribution in [-0.4, -0.2) is 49.5 Å². The summed E-state index contributed by atoms with van der Waals surface area (Å²) >= 11 is 0. The van der Waals surface area contributed by atoms with Gasteiger partial charge < -0.3 is 15.5 Å². The van der Waals surface area contributed by atoms with Gasteiger partial charge in [0.15, 0.2) is 5.96 Å². The number of hydrogen-bond donors (Lipinski definition) is 2. The Labute approximate surface area is 145 Å². The summed E-state index contributed by atoms with van der Waals surface area (Å²) in [5, 5.41) is 6.12. The van der Waals surface area contributed by atoms with Crippen LogP contribution in [0.15, 0.2) is 4.99 Å². The number of aliphatic imine (C=N–C) groups is 1. The maximum absolute atomic E-state index is 11.6. The van der Waals surface area contributed by atoms with E-state index in [1.165, 1.54) is 25.7 Å². The van der Waals surface area contributed by atoms with Crippen molar-refractivity contribution in [3.63, 3.8) is 0 Å². The minimum atomic E-state index is -0.000448. The molecule has 0 aromatic rings. The van der Waals surface area contributed by atoms with Crippen molar-refractivity contribution in [1.29, 1.82) is 0 Å². The van der Waals surface area contributed by atoms with Gasteiger partial charge in [0, 0.05) is 26.2 Å². The van der Waals surface area contributed by atoms with Crippen LogP contribution in [0, 0.1) is 11.8 Å². The number of likely N-dealkylation sites (tertiary alicyclic amines) is 1. The predicted octanol–water partition coefficient (Wildman–Crippen LogP) is 1.83. The van der Waals surface area contributed by atoms with Gasteiger partial charge in [0.2, 0.25) is 5.91 Å². The Morgan fingerprint density at radius 2 is 1.67 bits per heavy atom. The zero-order valence-electron chi connectivity index (χ0n) is 13.2. The number of halogens is 1. The van der Waals surface area contributed by atoms with Crippen LogP contribution in [0.1, 0.15) is 39.5 Å². The van der Waals surface area contributed by atoms with Crippen LogP contribution in [-0.2, 0) is 4.79 Å². The molecule has 6 heteroatoms.